The lowest BCUT2D eigenvalue weighted by molar-refractivity contribution is -0.138. The zero-order chi connectivity index (χ0) is 10.9. The van der Waals surface area contributed by atoms with E-state index in [0.29, 0.717) is 5.56 Å². The van der Waals surface area contributed by atoms with Gasteiger partial charge in [-0.05, 0) is 27.6 Å². The normalized spacial score (nSPS) is 11.8. The van der Waals surface area contributed by atoms with Gasteiger partial charge in [-0.3, -0.25) is 0 Å². The van der Waals surface area contributed by atoms with E-state index in [2.05, 4.69) is 15.9 Å². The van der Waals surface area contributed by atoms with Gasteiger partial charge in [-0.15, -0.1) is 11.6 Å². The molecule has 0 saturated heterocycles. The van der Waals surface area contributed by atoms with Crippen LogP contribution >= 0.6 is 27.5 Å². The number of nitrogens with two attached hydrogens (primary N) is 1. The van der Waals surface area contributed by atoms with Crippen molar-refractivity contribution in [2.75, 3.05) is 5.73 Å². The number of alkyl halides is 4. The van der Waals surface area contributed by atoms with Crippen LogP contribution in [0.1, 0.15) is 11.1 Å². The van der Waals surface area contributed by atoms with Crippen LogP contribution in [0.5, 0.6) is 0 Å². The SMILES string of the molecule is Nc1c(CCl)ccc(C(F)(F)F)c1Br. The Labute approximate surface area is 92.2 Å². The molecule has 2 N–H and O–H groups in total. The molecule has 0 fully saturated rings. The van der Waals surface area contributed by atoms with Crippen molar-refractivity contribution in [2.45, 2.75) is 12.1 Å². The number of hydrogen-bond acceptors (Lipinski definition) is 1. The number of benzene rings is 1. The number of rotatable bonds is 1. The van der Waals surface area contributed by atoms with Crippen molar-refractivity contribution >= 4 is 33.2 Å². The average molecular weight is 288 g/mol. The van der Waals surface area contributed by atoms with Gasteiger partial charge in [0, 0.05) is 5.88 Å². The average Bonchev–Trinajstić information content (AvgIpc) is 2.07. The Balaban J connectivity index is 3.31. The summed E-state index contributed by atoms with van der Waals surface area (Å²) in [7, 11) is 0. The van der Waals surface area contributed by atoms with Crippen LogP contribution in [-0.4, -0.2) is 0 Å². The van der Waals surface area contributed by atoms with Gasteiger partial charge in [-0.1, -0.05) is 6.07 Å². The molecule has 0 aliphatic heterocycles. The minimum Gasteiger partial charge on any atom is -0.398 e. The van der Waals surface area contributed by atoms with Gasteiger partial charge in [0.05, 0.1) is 15.7 Å². The molecule has 0 atom stereocenters. The molecule has 1 aromatic rings. The Hall–Kier alpha value is -0.420. The van der Waals surface area contributed by atoms with Crippen LogP contribution < -0.4 is 5.73 Å². The molecule has 0 spiro atoms. The second-order valence-electron chi connectivity index (χ2n) is 2.63. The first-order chi connectivity index (χ1) is 6.38. The summed E-state index contributed by atoms with van der Waals surface area (Å²) in [5, 5.41) is 0. The van der Waals surface area contributed by atoms with Crippen LogP contribution in [-0.2, 0) is 12.1 Å². The smallest absolute Gasteiger partial charge is 0.398 e. The van der Waals surface area contributed by atoms with Gasteiger partial charge in [0.15, 0.2) is 0 Å². The van der Waals surface area contributed by atoms with Crippen LogP contribution in [0.3, 0.4) is 0 Å². The Morgan fingerprint density at radius 2 is 1.93 bits per heavy atom. The number of hydrogen-bond donors (Lipinski definition) is 1. The minimum atomic E-state index is -4.40. The minimum absolute atomic E-state index is 0.0369. The number of halogens is 5. The van der Waals surface area contributed by atoms with E-state index in [1.165, 1.54) is 6.07 Å². The van der Waals surface area contributed by atoms with E-state index >= 15 is 0 Å². The third-order valence-electron chi connectivity index (χ3n) is 1.72. The first-order valence-electron chi connectivity index (χ1n) is 3.58. The second-order valence-corrected chi connectivity index (χ2v) is 3.69. The maximum absolute atomic E-state index is 12.3. The molecule has 14 heavy (non-hydrogen) atoms. The van der Waals surface area contributed by atoms with E-state index in [4.69, 9.17) is 17.3 Å². The fraction of sp³-hybridized carbons (Fsp3) is 0.250. The number of nitrogen functional groups attached to an aromatic ring is 1. The molecular formula is C8H6BrClF3N. The van der Waals surface area contributed by atoms with E-state index < -0.39 is 11.7 Å². The largest absolute Gasteiger partial charge is 0.417 e. The summed E-state index contributed by atoms with van der Waals surface area (Å²) in [6, 6.07) is 2.23. The van der Waals surface area contributed by atoms with Gasteiger partial charge < -0.3 is 5.73 Å². The summed E-state index contributed by atoms with van der Waals surface area (Å²) in [5.74, 6) is 0.0859. The second kappa shape index (κ2) is 3.98. The summed E-state index contributed by atoms with van der Waals surface area (Å²) in [6.07, 6.45) is -4.40. The van der Waals surface area contributed by atoms with Crippen molar-refractivity contribution < 1.29 is 13.2 Å². The lowest BCUT2D eigenvalue weighted by Gasteiger charge is -2.12. The third-order valence-corrected chi connectivity index (χ3v) is 2.86. The van der Waals surface area contributed by atoms with Gasteiger partial charge in [-0.25, -0.2) is 0 Å². The Bertz CT molecular complexity index is 351. The number of anilines is 1. The van der Waals surface area contributed by atoms with Gasteiger partial charge in [0.1, 0.15) is 0 Å². The summed E-state index contributed by atoms with van der Waals surface area (Å²) in [6.45, 7) is 0. The van der Waals surface area contributed by atoms with Crippen molar-refractivity contribution in [1.29, 1.82) is 0 Å². The van der Waals surface area contributed by atoms with Gasteiger partial charge in [0.2, 0.25) is 0 Å². The van der Waals surface area contributed by atoms with Crippen molar-refractivity contribution in [3.63, 3.8) is 0 Å². The highest BCUT2D eigenvalue weighted by molar-refractivity contribution is 9.10. The topological polar surface area (TPSA) is 26.0 Å². The standard InChI is InChI=1S/C8H6BrClF3N/c9-6-5(8(11,12)13)2-1-4(3-10)7(6)14/h1-2H,3,14H2. The zero-order valence-electron chi connectivity index (χ0n) is 6.83. The molecule has 0 heterocycles. The van der Waals surface area contributed by atoms with Crippen molar-refractivity contribution in [3.05, 3.63) is 27.7 Å². The van der Waals surface area contributed by atoms with E-state index in [1.54, 1.807) is 0 Å². The zero-order valence-corrected chi connectivity index (χ0v) is 9.17. The fourth-order valence-electron chi connectivity index (χ4n) is 0.968. The quantitative estimate of drug-likeness (QED) is 0.617. The molecule has 0 radical (unpaired) electrons. The molecule has 0 bridgehead atoms. The van der Waals surface area contributed by atoms with E-state index in [1.807, 2.05) is 0 Å². The summed E-state index contributed by atoms with van der Waals surface area (Å²) >= 11 is 8.29. The molecule has 6 heteroatoms. The highest BCUT2D eigenvalue weighted by atomic mass is 79.9. The fourth-order valence-corrected chi connectivity index (χ4v) is 1.81. The van der Waals surface area contributed by atoms with Crippen LogP contribution in [0.15, 0.2) is 16.6 Å². The molecule has 0 unspecified atom stereocenters. The van der Waals surface area contributed by atoms with Crippen molar-refractivity contribution in [2.24, 2.45) is 0 Å². The van der Waals surface area contributed by atoms with Gasteiger partial charge in [-0.2, -0.15) is 13.2 Å². The maximum Gasteiger partial charge on any atom is 0.417 e. The highest BCUT2D eigenvalue weighted by Gasteiger charge is 2.33. The lowest BCUT2D eigenvalue weighted by Crippen LogP contribution is -2.08. The summed E-state index contributed by atoms with van der Waals surface area (Å²) < 4.78 is 36.9. The molecular weight excluding hydrogens is 282 g/mol. The first-order valence-corrected chi connectivity index (χ1v) is 4.90. The van der Waals surface area contributed by atoms with Crippen LogP contribution in [0.4, 0.5) is 18.9 Å². The van der Waals surface area contributed by atoms with Crippen molar-refractivity contribution in [3.8, 4) is 0 Å². The molecule has 0 saturated carbocycles. The summed E-state index contributed by atoms with van der Waals surface area (Å²) in [5.41, 5.74) is 5.19. The predicted octanol–water partition coefficient (Wildman–Crippen LogP) is 3.79. The van der Waals surface area contributed by atoms with E-state index in [-0.39, 0.29) is 16.0 Å². The predicted molar refractivity (Wildman–Crippen MR) is 53.1 cm³/mol. The molecule has 0 aliphatic carbocycles. The van der Waals surface area contributed by atoms with Crippen LogP contribution in [0.2, 0.25) is 0 Å². The Kier molecular flexibility index (Phi) is 3.32. The maximum atomic E-state index is 12.3. The van der Waals surface area contributed by atoms with Gasteiger partial charge in [0.25, 0.3) is 0 Å². The van der Waals surface area contributed by atoms with Crippen molar-refractivity contribution in [1.82, 2.24) is 0 Å². The Morgan fingerprint density at radius 3 is 2.36 bits per heavy atom. The highest BCUT2D eigenvalue weighted by Crippen LogP contribution is 2.39. The molecule has 1 rings (SSSR count). The summed E-state index contributed by atoms with van der Waals surface area (Å²) in [4.78, 5) is 0. The molecule has 1 nitrogen and oxygen atoms in total. The van der Waals surface area contributed by atoms with Crippen LogP contribution in [0.25, 0.3) is 0 Å². The molecule has 78 valence electrons. The molecule has 0 amide bonds. The third kappa shape index (κ3) is 2.15. The molecule has 1 aromatic carbocycles. The van der Waals surface area contributed by atoms with Crippen LogP contribution in [0, 0.1) is 0 Å². The molecule has 0 aromatic heterocycles. The Morgan fingerprint density at radius 1 is 1.36 bits per heavy atom. The van der Waals surface area contributed by atoms with Gasteiger partial charge >= 0.3 is 6.18 Å². The van der Waals surface area contributed by atoms with E-state index in [0.717, 1.165) is 6.07 Å². The monoisotopic (exact) mass is 287 g/mol. The first kappa shape index (κ1) is 11.7. The van der Waals surface area contributed by atoms with E-state index in [9.17, 15) is 13.2 Å². The lowest BCUT2D eigenvalue weighted by atomic mass is 10.1. The molecule has 0 aliphatic rings.